The molecule has 7 nitrogen and oxygen atoms in total. The van der Waals surface area contributed by atoms with Crippen molar-refractivity contribution in [3.63, 3.8) is 0 Å². The van der Waals surface area contributed by atoms with Gasteiger partial charge < -0.3 is 9.84 Å². The van der Waals surface area contributed by atoms with Crippen LogP contribution in [0, 0.1) is 17.8 Å². The number of hydrogen-bond acceptors (Lipinski definition) is 6. The van der Waals surface area contributed by atoms with Gasteiger partial charge in [0.05, 0.1) is 23.4 Å². The van der Waals surface area contributed by atoms with Crippen molar-refractivity contribution in [2.45, 2.75) is 25.7 Å². The molecule has 8 heteroatoms. The molecule has 1 aliphatic heterocycles. The number of fused-ring (bicyclic) bond motifs is 3. The van der Waals surface area contributed by atoms with E-state index < -0.39 is 23.7 Å². The number of phenolic OH excluding ortho intramolecular Hbond substituents is 1. The van der Waals surface area contributed by atoms with Crippen molar-refractivity contribution < 1.29 is 29.0 Å². The molecule has 170 valence electrons. The second-order valence-electron chi connectivity index (χ2n) is 8.74. The first-order chi connectivity index (χ1) is 15.8. The predicted octanol–water partition coefficient (Wildman–Crippen LogP) is 3.18. The molecule has 5 rings (SSSR count). The minimum Gasteiger partial charge on any atom is -0.508 e. The maximum Gasteiger partial charge on any atom is 0.233 e. The zero-order valence-electron chi connectivity index (χ0n) is 18.1. The highest BCUT2D eigenvalue weighted by Crippen LogP contribution is 2.56. The van der Waals surface area contributed by atoms with Crippen LogP contribution in [0.1, 0.15) is 31.2 Å². The Kier molecular flexibility index (Phi) is 5.16. The van der Waals surface area contributed by atoms with Crippen LogP contribution in [0.2, 0.25) is 0 Å². The Labute approximate surface area is 198 Å². The number of likely N-dealkylation sites (tertiary alicyclic amines) is 1. The molecular weight excluding hydrogens is 490 g/mol. The second-order valence-corrected chi connectivity index (χ2v) is 9.59. The molecule has 3 aliphatic carbocycles. The highest BCUT2D eigenvalue weighted by Gasteiger charge is 2.56. The number of phenols is 1. The van der Waals surface area contributed by atoms with Crippen LogP contribution in [0.4, 0.5) is 0 Å². The number of amides is 2. The van der Waals surface area contributed by atoms with Crippen LogP contribution in [0.15, 0.2) is 51.6 Å². The molecule has 0 unspecified atom stereocenters. The van der Waals surface area contributed by atoms with Gasteiger partial charge in [0.15, 0.2) is 11.6 Å². The summed E-state index contributed by atoms with van der Waals surface area (Å²) in [6.45, 7) is 2.07. The number of hydrogen-bond donors (Lipinski definition) is 1. The van der Waals surface area contributed by atoms with E-state index in [-0.39, 0.29) is 40.0 Å². The molecule has 2 amide bonds. The van der Waals surface area contributed by atoms with Crippen LogP contribution in [0.3, 0.4) is 0 Å². The molecule has 4 atom stereocenters. The van der Waals surface area contributed by atoms with Gasteiger partial charge in [0.1, 0.15) is 11.5 Å². The molecule has 33 heavy (non-hydrogen) atoms. The van der Waals surface area contributed by atoms with Gasteiger partial charge in [0.25, 0.3) is 0 Å². The van der Waals surface area contributed by atoms with E-state index in [4.69, 9.17) is 4.74 Å². The van der Waals surface area contributed by atoms with Crippen LogP contribution in [0.25, 0.3) is 0 Å². The number of nitrogens with zero attached hydrogens (tertiary/aromatic N) is 1. The number of ether oxygens (including phenoxy) is 1. The summed E-state index contributed by atoms with van der Waals surface area (Å²) in [5, 5.41) is 10.8. The van der Waals surface area contributed by atoms with E-state index >= 15 is 0 Å². The number of methoxy groups -OCH3 is 1. The summed E-state index contributed by atoms with van der Waals surface area (Å²) in [4.78, 5) is 53.7. The Hall–Kier alpha value is -3.00. The van der Waals surface area contributed by atoms with Gasteiger partial charge in [0, 0.05) is 35.2 Å². The molecule has 1 heterocycles. The first kappa shape index (κ1) is 21.8. The zero-order chi connectivity index (χ0) is 23.6. The SMILES string of the molecule is CCN1C(=O)[C@H]2[C@H](CC=C3[C@H](c4cc(OC)ccc4O)C4=C(C[C@H]32)C(=O)C(Br)=CC4=O)C1=O. The maximum absolute atomic E-state index is 13.2. The van der Waals surface area contributed by atoms with E-state index in [1.807, 2.05) is 6.08 Å². The molecular formula is C25H22BrNO6. The Bertz CT molecular complexity index is 1230. The lowest BCUT2D eigenvalue weighted by atomic mass is 9.59. The van der Waals surface area contributed by atoms with Crippen molar-refractivity contribution in [2.75, 3.05) is 13.7 Å². The number of imide groups is 1. The molecule has 1 saturated heterocycles. The number of Topliss-reactive ketones (excluding diaryl/α,β-unsaturated/α-hetero) is 1. The molecule has 0 radical (unpaired) electrons. The molecule has 1 fully saturated rings. The summed E-state index contributed by atoms with van der Waals surface area (Å²) in [6.07, 6.45) is 3.77. The molecule has 0 saturated carbocycles. The number of carbonyl (C=O) groups excluding carboxylic acids is 4. The van der Waals surface area contributed by atoms with Crippen molar-refractivity contribution >= 4 is 39.3 Å². The lowest BCUT2D eigenvalue weighted by molar-refractivity contribution is -0.139. The summed E-state index contributed by atoms with van der Waals surface area (Å²) < 4.78 is 5.51. The van der Waals surface area contributed by atoms with Crippen LogP contribution < -0.4 is 4.74 Å². The normalized spacial score (nSPS) is 28.9. The number of rotatable bonds is 3. The lowest BCUT2D eigenvalue weighted by Gasteiger charge is -2.42. The number of ketones is 2. The average molecular weight is 512 g/mol. The van der Waals surface area contributed by atoms with Gasteiger partial charge in [-0.25, -0.2) is 0 Å². The van der Waals surface area contributed by atoms with Crippen molar-refractivity contribution in [1.29, 1.82) is 0 Å². The van der Waals surface area contributed by atoms with Crippen molar-refractivity contribution in [1.82, 2.24) is 4.90 Å². The second kappa shape index (κ2) is 7.80. The molecule has 1 aromatic carbocycles. The van der Waals surface area contributed by atoms with E-state index in [9.17, 15) is 24.3 Å². The summed E-state index contributed by atoms with van der Waals surface area (Å²) in [5.41, 5.74) is 1.88. The van der Waals surface area contributed by atoms with Crippen LogP contribution in [0.5, 0.6) is 11.5 Å². The monoisotopic (exact) mass is 511 g/mol. The quantitative estimate of drug-likeness (QED) is 0.380. The zero-order valence-corrected chi connectivity index (χ0v) is 19.7. The predicted molar refractivity (Wildman–Crippen MR) is 122 cm³/mol. The third-order valence-electron chi connectivity index (χ3n) is 7.28. The van der Waals surface area contributed by atoms with Gasteiger partial charge in [-0.15, -0.1) is 0 Å². The standard InChI is InChI=1S/C25H22BrNO6/c1-3-27-24(31)13-6-5-12-14(21(13)25(27)32)9-16-22(19(29)10-17(26)23(16)30)20(12)15-8-11(33-2)4-7-18(15)28/h4-5,7-8,10,13-14,20-21,28H,3,6,9H2,1-2H3/t13-,14+,20+,21-/m0/s1. The molecule has 0 spiro atoms. The highest BCUT2D eigenvalue weighted by molar-refractivity contribution is 9.12. The van der Waals surface area contributed by atoms with E-state index in [0.29, 0.717) is 35.4 Å². The lowest BCUT2D eigenvalue weighted by Crippen LogP contribution is -2.39. The van der Waals surface area contributed by atoms with Gasteiger partial charge in [0.2, 0.25) is 11.8 Å². The topological polar surface area (TPSA) is 101 Å². The van der Waals surface area contributed by atoms with Gasteiger partial charge in [-0.05, 0) is 59.8 Å². The maximum atomic E-state index is 13.2. The highest BCUT2D eigenvalue weighted by atomic mass is 79.9. The van der Waals surface area contributed by atoms with E-state index in [1.165, 1.54) is 24.2 Å². The first-order valence-corrected chi connectivity index (χ1v) is 11.7. The van der Waals surface area contributed by atoms with Gasteiger partial charge in [-0.3, -0.25) is 24.1 Å². The number of aromatic hydroxyl groups is 1. The number of benzene rings is 1. The Morgan fingerprint density at radius 2 is 1.91 bits per heavy atom. The molecule has 0 aromatic heterocycles. The molecule has 0 bridgehead atoms. The van der Waals surface area contributed by atoms with Gasteiger partial charge >= 0.3 is 0 Å². The fraction of sp³-hybridized carbons (Fsp3) is 0.360. The van der Waals surface area contributed by atoms with Crippen LogP contribution in [-0.4, -0.2) is 47.0 Å². The molecule has 1 aromatic rings. The Morgan fingerprint density at radius 1 is 1.15 bits per heavy atom. The molecule has 4 aliphatic rings. The molecule has 1 N–H and O–H groups in total. The van der Waals surface area contributed by atoms with Crippen molar-refractivity contribution in [3.8, 4) is 11.5 Å². The fourth-order valence-electron chi connectivity index (χ4n) is 5.83. The minimum absolute atomic E-state index is 0.0331. The third-order valence-corrected chi connectivity index (χ3v) is 7.87. The number of allylic oxidation sites excluding steroid dienone is 6. The van der Waals surface area contributed by atoms with Crippen LogP contribution in [-0.2, 0) is 19.2 Å². The Morgan fingerprint density at radius 3 is 2.61 bits per heavy atom. The average Bonchev–Trinajstić information content (AvgIpc) is 3.06. The largest absolute Gasteiger partial charge is 0.508 e. The van der Waals surface area contributed by atoms with Crippen molar-refractivity contribution in [2.24, 2.45) is 17.8 Å². The number of carbonyl (C=O) groups is 4. The van der Waals surface area contributed by atoms with Gasteiger partial charge in [-0.1, -0.05) is 11.6 Å². The smallest absolute Gasteiger partial charge is 0.233 e. The first-order valence-electron chi connectivity index (χ1n) is 10.9. The van der Waals surface area contributed by atoms with Crippen LogP contribution >= 0.6 is 15.9 Å². The van der Waals surface area contributed by atoms with E-state index in [0.717, 1.165) is 5.57 Å². The number of halogens is 1. The van der Waals surface area contributed by atoms with E-state index in [1.54, 1.807) is 19.1 Å². The summed E-state index contributed by atoms with van der Waals surface area (Å²) in [6, 6.07) is 4.77. The van der Waals surface area contributed by atoms with Crippen molar-refractivity contribution in [3.05, 3.63) is 57.1 Å². The summed E-state index contributed by atoms with van der Waals surface area (Å²) in [7, 11) is 1.51. The third kappa shape index (κ3) is 3.07. The summed E-state index contributed by atoms with van der Waals surface area (Å²) in [5.74, 6) is -2.75. The minimum atomic E-state index is -0.707. The fourth-order valence-corrected chi connectivity index (χ4v) is 6.28. The van der Waals surface area contributed by atoms with E-state index in [2.05, 4.69) is 15.9 Å². The summed E-state index contributed by atoms with van der Waals surface area (Å²) >= 11 is 3.20. The van der Waals surface area contributed by atoms with Gasteiger partial charge in [-0.2, -0.15) is 0 Å². The Balaban J connectivity index is 1.73.